The van der Waals surface area contributed by atoms with Crippen LogP contribution in [0.1, 0.15) is 12.7 Å². The van der Waals surface area contributed by atoms with E-state index in [2.05, 4.69) is 4.98 Å². The molecule has 15 heavy (non-hydrogen) atoms. The van der Waals surface area contributed by atoms with E-state index in [9.17, 15) is 8.42 Å². The normalized spacial score (nSPS) is 11.9. The quantitative estimate of drug-likeness (QED) is 0.734. The van der Waals surface area contributed by atoms with E-state index < -0.39 is 9.05 Å². The largest absolute Gasteiger partial charge is 0.383 e. The smallest absolute Gasteiger partial charge is 0.280 e. The SMILES string of the molecule is CCc1nc(S(=O)(=O)Cl)cn1CCOC. The number of hydrogen-bond donors (Lipinski definition) is 0. The van der Waals surface area contributed by atoms with Crippen molar-refractivity contribution in [1.29, 1.82) is 0 Å². The Labute approximate surface area is 93.4 Å². The summed E-state index contributed by atoms with van der Waals surface area (Å²) in [7, 11) is 3.04. The molecular weight excluding hydrogens is 240 g/mol. The van der Waals surface area contributed by atoms with Crippen molar-refractivity contribution in [2.75, 3.05) is 13.7 Å². The van der Waals surface area contributed by atoms with Gasteiger partial charge >= 0.3 is 0 Å². The molecule has 1 aromatic rings. The van der Waals surface area contributed by atoms with Crippen molar-refractivity contribution in [1.82, 2.24) is 9.55 Å². The van der Waals surface area contributed by atoms with Gasteiger partial charge < -0.3 is 9.30 Å². The van der Waals surface area contributed by atoms with Crippen LogP contribution in [0.2, 0.25) is 0 Å². The molecule has 0 aliphatic rings. The maximum atomic E-state index is 11.0. The average molecular weight is 253 g/mol. The van der Waals surface area contributed by atoms with Gasteiger partial charge in [-0.15, -0.1) is 0 Å². The van der Waals surface area contributed by atoms with Gasteiger partial charge in [-0.1, -0.05) is 6.92 Å². The average Bonchev–Trinajstić information content (AvgIpc) is 2.57. The highest BCUT2D eigenvalue weighted by molar-refractivity contribution is 8.13. The molecular formula is C8H13ClN2O3S. The third-order valence-corrected chi connectivity index (χ3v) is 3.11. The van der Waals surface area contributed by atoms with E-state index >= 15 is 0 Å². The van der Waals surface area contributed by atoms with Crippen LogP contribution in [-0.2, 0) is 26.8 Å². The Balaban J connectivity index is 3.01. The van der Waals surface area contributed by atoms with E-state index in [1.165, 1.54) is 6.20 Å². The Morgan fingerprint density at radius 1 is 1.60 bits per heavy atom. The van der Waals surface area contributed by atoms with Crippen molar-refractivity contribution in [2.45, 2.75) is 24.9 Å². The van der Waals surface area contributed by atoms with Gasteiger partial charge in [0.15, 0.2) is 5.03 Å². The molecule has 1 heterocycles. The number of aryl methyl sites for hydroxylation is 1. The van der Waals surface area contributed by atoms with E-state index in [0.29, 0.717) is 25.4 Å². The molecule has 0 aliphatic heterocycles. The van der Waals surface area contributed by atoms with Crippen molar-refractivity contribution in [3.63, 3.8) is 0 Å². The molecule has 0 bridgehead atoms. The lowest BCUT2D eigenvalue weighted by atomic mass is 10.4. The maximum Gasteiger partial charge on any atom is 0.280 e. The first kappa shape index (κ1) is 12.5. The van der Waals surface area contributed by atoms with E-state index in [-0.39, 0.29) is 5.03 Å². The van der Waals surface area contributed by atoms with Crippen LogP contribution in [-0.4, -0.2) is 31.7 Å². The Morgan fingerprint density at radius 3 is 2.73 bits per heavy atom. The zero-order valence-corrected chi connectivity index (χ0v) is 10.2. The van der Waals surface area contributed by atoms with Gasteiger partial charge in [-0.25, -0.2) is 13.4 Å². The Hall–Kier alpha value is -0.590. The van der Waals surface area contributed by atoms with Crippen LogP contribution >= 0.6 is 10.7 Å². The second-order valence-corrected chi connectivity index (χ2v) is 5.49. The minimum absolute atomic E-state index is 0.0999. The van der Waals surface area contributed by atoms with Gasteiger partial charge in [-0.2, -0.15) is 0 Å². The molecule has 0 N–H and O–H groups in total. The van der Waals surface area contributed by atoms with E-state index in [0.717, 1.165) is 0 Å². The molecule has 0 radical (unpaired) electrons. The second kappa shape index (κ2) is 4.96. The van der Waals surface area contributed by atoms with Gasteiger partial charge in [0.25, 0.3) is 9.05 Å². The van der Waals surface area contributed by atoms with Crippen LogP contribution < -0.4 is 0 Å². The first-order valence-corrected chi connectivity index (χ1v) is 6.79. The van der Waals surface area contributed by atoms with Crippen molar-refractivity contribution < 1.29 is 13.2 Å². The first-order valence-electron chi connectivity index (χ1n) is 4.48. The molecule has 0 spiro atoms. The van der Waals surface area contributed by atoms with Gasteiger partial charge in [-0.3, -0.25) is 0 Å². The summed E-state index contributed by atoms with van der Waals surface area (Å²) in [5, 5.41) is -0.0999. The Bertz CT molecular complexity index is 427. The number of ether oxygens (including phenoxy) is 1. The summed E-state index contributed by atoms with van der Waals surface area (Å²) in [4.78, 5) is 3.94. The molecule has 0 atom stereocenters. The molecule has 0 saturated heterocycles. The summed E-state index contributed by atoms with van der Waals surface area (Å²) in [5.74, 6) is 0.686. The molecule has 0 amide bonds. The third kappa shape index (κ3) is 3.19. The van der Waals surface area contributed by atoms with Crippen LogP contribution in [0.4, 0.5) is 0 Å². The van der Waals surface area contributed by atoms with Gasteiger partial charge in [0.1, 0.15) is 5.82 Å². The minimum atomic E-state index is -3.74. The van der Waals surface area contributed by atoms with E-state index in [1.54, 1.807) is 11.7 Å². The number of hydrogen-bond acceptors (Lipinski definition) is 4. The molecule has 0 aliphatic carbocycles. The van der Waals surface area contributed by atoms with E-state index in [4.69, 9.17) is 15.4 Å². The predicted octanol–water partition coefficient (Wildman–Crippen LogP) is 1.02. The van der Waals surface area contributed by atoms with Crippen LogP contribution in [0.25, 0.3) is 0 Å². The van der Waals surface area contributed by atoms with Crippen molar-refractivity contribution >= 4 is 19.7 Å². The fourth-order valence-electron chi connectivity index (χ4n) is 1.21. The molecule has 1 aromatic heterocycles. The van der Waals surface area contributed by atoms with Crippen molar-refractivity contribution in [2.24, 2.45) is 0 Å². The summed E-state index contributed by atoms with van der Waals surface area (Å²) in [5.41, 5.74) is 0. The lowest BCUT2D eigenvalue weighted by molar-refractivity contribution is 0.186. The van der Waals surface area contributed by atoms with Gasteiger partial charge in [0.05, 0.1) is 6.61 Å². The van der Waals surface area contributed by atoms with Gasteiger partial charge in [0, 0.05) is 37.0 Å². The molecule has 0 fully saturated rings. The first-order chi connectivity index (χ1) is 6.99. The lowest BCUT2D eigenvalue weighted by Crippen LogP contribution is -2.06. The monoisotopic (exact) mass is 252 g/mol. The lowest BCUT2D eigenvalue weighted by Gasteiger charge is -2.03. The summed E-state index contributed by atoms with van der Waals surface area (Å²) >= 11 is 0. The molecule has 0 unspecified atom stereocenters. The second-order valence-electron chi connectivity index (χ2n) is 2.97. The highest BCUT2D eigenvalue weighted by atomic mass is 35.7. The predicted molar refractivity (Wildman–Crippen MR) is 56.5 cm³/mol. The number of methoxy groups -OCH3 is 1. The standard InChI is InChI=1S/C8H13ClN2O3S/c1-3-7-10-8(15(9,12)13)6-11(7)4-5-14-2/h6H,3-5H2,1-2H3. The number of rotatable bonds is 5. The summed E-state index contributed by atoms with van der Waals surface area (Å²) in [6, 6.07) is 0. The van der Waals surface area contributed by atoms with Crippen LogP contribution in [0, 0.1) is 0 Å². The summed E-state index contributed by atoms with van der Waals surface area (Å²) in [6.07, 6.45) is 2.08. The molecule has 5 nitrogen and oxygen atoms in total. The zero-order valence-electron chi connectivity index (χ0n) is 8.60. The van der Waals surface area contributed by atoms with Crippen LogP contribution in [0.15, 0.2) is 11.2 Å². The number of halogens is 1. The fraction of sp³-hybridized carbons (Fsp3) is 0.625. The topological polar surface area (TPSA) is 61.2 Å². The van der Waals surface area contributed by atoms with Crippen molar-refractivity contribution in [3.8, 4) is 0 Å². The van der Waals surface area contributed by atoms with Gasteiger partial charge in [0.2, 0.25) is 0 Å². The molecule has 7 heteroatoms. The molecule has 86 valence electrons. The summed E-state index contributed by atoms with van der Waals surface area (Å²) in [6.45, 7) is 2.97. The number of imidazole rings is 1. The highest BCUT2D eigenvalue weighted by Gasteiger charge is 2.16. The summed E-state index contributed by atoms with van der Waals surface area (Å²) < 4.78 is 28.7. The van der Waals surface area contributed by atoms with Crippen molar-refractivity contribution in [3.05, 3.63) is 12.0 Å². The maximum absolute atomic E-state index is 11.0. The number of nitrogens with zero attached hydrogens (tertiary/aromatic N) is 2. The number of aromatic nitrogens is 2. The third-order valence-electron chi connectivity index (χ3n) is 1.94. The molecule has 0 aromatic carbocycles. The Kier molecular flexibility index (Phi) is 4.12. The van der Waals surface area contributed by atoms with Gasteiger partial charge in [-0.05, 0) is 0 Å². The van der Waals surface area contributed by atoms with E-state index in [1.807, 2.05) is 6.92 Å². The molecule has 1 rings (SSSR count). The Morgan fingerprint density at radius 2 is 2.27 bits per heavy atom. The molecule has 0 saturated carbocycles. The minimum Gasteiger partial charge on any atom is -0.383 e. The fourth-order valence-corrected chi connectivity index (χ4v) is 1.90. The zero-order chi connectivity index (χ0) is 11.5. The highest BCUT2D eigenvalue weighted by Crippen LogP contribution is 2.14. The van der Waals surface area contributed by atoms with Crippen LogP contribution in [0.3, 0.4) is 0 Å². The van der Waals surface area contributed by atoms with Crippen LogP contribution in [0.5, 0.6) is 0 Å².